The van der Waals surface area contributed by atoms with Crippen molar-refractivity contribution in [1.82, 2.24) is 9.78 Å². The number of aromatic nitrogens is 2. The van der Waals surface area contributed by atoms with Gasteiger partial charge in [-0.1, -0.05) is 18.2 Å². The number of carbonyl (C=O) groups excluding carboxylic acids is 1. The first-order chi connectivity index (χ1) is 13.3. The minimum absolute atomic E-state index is 0.198. The molecule has 0 fully saturated rings. The Hall–Kier alpha value is -3.13. The van der Waals surface area contributed by atoms with Crippen LogP contribution in [0.5, 0.6) is 5.75 Å². The molecule has 0 aliphatic rings. The molecule has 0 aliphatic heterocycles. The average molecular weight is 399 g/mol. The molecule has 0 bridgehead atoms. The van der Waals surface area contributed by atoms with Crippen molar-refractivity contribution < 1.29 is 17.9 Å². The maximum Gasteiger partial charge on any atom is 0.262 e. The van der Waals surface area contributed by atoms with Gasteiger partial charge >= 0.3 is 0 Å². The van der Waals surface area contributed by atoms with Gasteiger partial charge < -0.3 is 10.1 Å². The lowest BCUT2D eigenvalue weighted by molar-refractivity contribution is -0.118. The number of benzene rings is 2. The summed E-state index contributed by atoms with van der Waals surface area (Å²) in [7, 11) is -3.27. The van der Waals surface area contributed by atoms with Crippen molar-refractivity contribution in [2.75, 3.05) is 18.2 Å². The fraction of sp³-hybridized carbons (Fsp3) is 0.200. The van der Waals surface area contributed by atoms with E-state index in [-0.39, 0.29) is 17.4 Å². The Bertz CT molecular complexity index is 1090. The van der Waals surface area contributed by atoms with E-state index in [1.165, 1.54) is 24.3 Å². The van der Waals surface area contributed by atoms with E-state index in [4.69, 9.17) is 4.74 Å². The highest BCUT2D eigenvalue weighted by molar-refractivity contribution is 7.90. The van der Waals surface area contributed by atoms with Crippen LogP contribution in [0, 0.1) is 13.8 Å². The summed E-state index contributed by atoms with van der Waals surface area (Å²) in [5.41, 5.74) is 3.07. The summed E-state index contributed by atoms with van der Waals surface area (Å²) in [6.07, 6.45) is 1.14. The molecule has 7 nitrogen and oxygen atoms in total. The van der Waals surface area contributed by atoms with Gasteiger partial charge in [0.25, 0.3) is 5.91 Å². The monoisotopic (exact) mass is 399 g/mol. The molecule has 3 aromatic rings. The number of nitrogens with zero attached hydrogens (tertiary/aromatic N) is 2. The lowest BCUT2D eigenvalue weighted by Gasteiger charge is -2.09. The number of aryl methyl sites for hydroxylation is 1. The number of carbonyl (C=O) groups is 1. The topological polar surface area (TPSA) is 90.3 Å². The Morgan fingerprint density at radius 3 is 2.32 bits per heavy atom. The van der Waals surface area contributed by atoms with Crippen LogP contribution in [0.2, 0.25) is 0 Å². The van der Waals surface area contributed by atoms with Gasteiger partial charge in [-0.25, -0.2) is 13.1 Å². The van der Waals surface area contributed by atoms with Crippen LogP contribution in [0.15, 0.2) is 59.5 Å². The quantitative estimate of drug-likeness (QED) is 0.688. The van der Waals surface area contributed by atoms with Crippen molar-refractivity contribution >= 4 is 21.4 Å². The summed E-state index contributed by atoms with van der Waals surface area (Å²) in [6, 6.07) is 15.6. The molecule has 0 saturated heterocycles. The lowest BCUT2D eigenvalue weighted by Crippen LogP contribution is -2.21. The van der Waals surface area contributed by atoms with Crippen LogP contribution in [0.25, 0.3) is 5.69 Å². The van der Waals surface area contributed by atoms with Crippen molar-refractivity contribution in [3.05, 3.63) is 66.0 Å². The van der Waals surface area contributed by atoms with E-state index in [1.807, 2.05) is 44.2 Å². The molecule has 1 aromatic heterocycles. The Morgan fingerprint density at radius 1 is 1.07 bits per heavy atom. The maximum absolute atomic E-state index is 12.3. The zero-order valence-electron chi connectivity index (χ0n) is 15.8. The van der Waals surface area contributed by atoms with Crippen molar-refractivity contribution in [3.8, 4) is 11.4 Å². The highest BCUT2D eigenvalue weighted by Gasteiger charge is 2.15. The molecule has 8 heteroatoms. The SMILES string of the molecule is Cc1nn(-c2ccccc2)c(C)c1NC(=O)COc1ccc(S(C)(=O)=O)cc1. The highest BCUT2D eigenvalue weighted by atomic mass is 32.2. The van der Waals surface area contributed by atoms with Gasteiger partial charge in [0.15, 0.2) is 16.4 Å². The third-order valence-electron chi connectivity index (χ3n) is 4.18. The smallest absolute Gasteiger partial charge is 0.262 e. The molecule has 28 heavy (non-hydrogen) atoms. The molecule has 3 rings (SSSR count). The summed E-state index contributed by atoms with van der Waals surface area (Å²) in [4.78, 5) is 12.5. The first kappa shape index (κ1) is 19.6. The van der Waals surface area contributed by atoms with Crippen LogP contribution in [0.1, 0.15) is 11.4 Å². The second-order valence-corrected chi connectivity index (χ2v) is 8.39. The van der Waals surface area contributed by atoms with Crippen molar-refractivity contribution in [2.45, 2.75) is 18.7 Å². The van der Waals surface area contributed by atoms with E-state index >= 15 is 0 Å². The zero-order valence-corrected chi connectivity index (χ0v) is 16.7. The van der Waals surface area contributed by atoms with Gasteiger partial charge in [0.1, 0.15) is 5.75 Å². The average Bonchev–Trinajstić information content (AvgIpc) is 2.95. The van der Waals surface area contributed by atoms with Crippen molar-refractivity contribution in [3.63, 3.8) is 0 Å². The van der Waals surface area contributed by atoms with E-state index in [1.54, 1.807) is 4.68 Å². The van der Waals surface area contributed by atoms with E-state index < -0.39 is 9.84 Å². The molecular formula is C20H21N3O4S. The van der Waals surface area contributed by atoms with Gasteiger partial charge in [-0.15, -0.1) is 0 Å². The molecule has 1 amide bonds. The van der Waals surface area contributed by atoms with E-state index in [2.05, 4.69) is 10.4 Å². The minimum Gasteiger partial charge on any atom is -0.484 e. The Morgan fingerprint density at radius 2 is 1.71 bits per heavy atom. The van der Waals surface area contributed by atoms with Crippen LogP contribution < -0.4 is 10.1 Å². The summed E-state index contributed by atoms with van der Waals surface area (Å²) in [5.74, 6) is 0.0852. The normalized spacial score (nSPS) is 11.2. The number of ether oxygens (including phenoxy) is 1. The zero-order chi connectivity index (χ0) is 20.3. The van der Waals surface area contributed by atoms with Crippen LogP contribution in [-0.4, -0.2) is 37.0 Å². The molecule has 0 atom stereocenters. The Labute approximate surface area is 163 Å². The summed E-state index contributed by atoms with van der Waals surface area (Å²) >= 11 is 0. The maximum atomic E-state index is 12.3. The number of hydrogen-bond acceptors (Lipinski definition) is 5. The summed E-state index contributed by atoms with van der Waals surface area (Å²) in [5, 5.41) is 7.32. The molecule has 2 aromatic carbocycles. The van der Waals surface area contributed by atoms with Crippen LogP contribution in [-0.2, 0) is 14.6 Å². The van der Waals surface area contributed by atoms with Crippen LogP contribution in [0.3, 0.4) is 0 Å². The van der Waals surface area contributed by atoms with E-state index in [9.17, 15) is 13.2 Å². The van der Waals surface area contributed by atoms with Crippen molar-refractivity contribution in [1.29, 1.82) is 0 Å². The van der Waals surface area contributed by atoms with Gasteiger partial charge in [-0.2, -0.15) is 5.10 Å². The Balaban J connectivity index is 1.66. The predicted molar refractivity (Wildman–Crippen MR) is 107 cm³/mol. The molecule has 0 aliphatic carbocycles. The lowest BCUT2D eigenvalue weighted by atomic mass is 10.3. The largest absolute Gasteiger partial charge is 0.484 e. The van der Waals surface area contributed by atoms with Gasteiger partial charge in [0, 0.05) is 6.26 Å². The molecule has 0 saturated carbocycles. The van der Waals surface area contributed by atoms with Crippen LogP contribution >= 0.6 is 0 Å². The number of para-hydroxylation sites is 1. The molecule has 1 heterocycles. The summed E-state index contributed by atoms with van der Waals surface area (Å²) in [6.45, 7) is 3.51. The first-order valence-corrected chi connectivity index (χ1v) is 10.5. The van der Waals surface area contributed by atoms with Crippen LogP contribution in [0.4, 0.5) is 5.69 Å². The predicted octanol–water partition coefficient (Wildman–Crippen LogP) is 2.91. The Kier molecular flexibility index (Phi) is 5.51. The molecule has 0 radical (unpaired) electrons. The number of hydrogen-bond donors (Lipinski definition) is 1. The van der Waals surface area contributed by atoms with E-state index in [0.717, 1.165) is 17.6 Å². The number of anilines is 1. The second kappa shape index (κ2) is 7.85. The van der Waals surface area contributed by atoms with Crippen molar-refractivity contribution in [2.24, 2.45) is 0 Å². The molecule has 146 valence electrons. The fourth-order valence-corrected chi connectivity index (χ4v) is 3.38. The van der Waals surface area contributed by atoms with Gasteiger partial charge in [0.05, 0.1) is 27.7 Å². The number of amides is 1. The first-order valence-electron chi connectivity index (χ1n) is 8.60. The summed E-state index contributed by atoms with van der Waals surface area (Å²) < 4.78 is 30.2. The fourth-order valence-electron chi connectivity index (χ4n) is 2.75. The molecule has 0 spiro atoms. The van der Waals surface area contributed by atoms with Gasteiger partial charge in [0.2, 0.25) is 0 Å². The second-order valence-electron chi connectivity index (χ2n) is 6.37. The molecular weight excluding hydrogens is 378 g/mol. The third-order valence-corrected chi connectivity index (χ3v) is 5.31. The highest BCUT2D eigenvalue weighted by Crippen LogP contribution is 2.23. The number of nitrogens with one attached hydrogen (secondary N) is 1. The number of rotatable bonds is 6. The third kappa shape index (κ3) is 4.40. The van der Waals surface area contributed by atoms with Gasteiger partial charge in [-0.3, -0.25) is 4.79 Å². The minimum atomic E-state index is -3.27. The standard InChI is InChI=1S/C20H21N3O4S/c1-14-20(15(2)23(22-14)16-7-5-4-6-8-16)21-19(24)13-27-17-9-11-18(12-10-17)28(3,25)26/h4-12H,13H2,1-3H3,(H,21,24). The van der Waals surface area contributed by atoms with Gasteiger partial charge in [-0.05, 0) is 50.2 Å². The van der Waals surface area contributed by atoms with E-state index in [0.29, 0.717) is 17.1 Å². The molecule has 1 N–H and O–H groups in total. The number of sulfone groups is 1. The molecule has 0 unspecified atom stereocenters.